The van der Waals surface area contributed by atoms with Crippen molar-refractivity contribution in [1.29, 1.82) is 0 Å². The zero-order chi connectivity index (χ0) is 12.0. The second kappa shape index (κ2) is 6.96. The van der Waals surface area contributed by atoms with Crippen LogP contribution in [-0.4, -0.2) is 19.8 Å². The molecule has 0 amide bonds. The van der Waals surface area contributed by atoms with E-state index in [4.69, 9.17) is 10.6 Å². The number of halogens is 2. The zero-order valence-electron chi connectivity index (χ0n) is 9.17. The van der Waals surface area contributed by atoms with Crippen molar-refractivity contribution in [3.63, 3.8) is 0 Å². The lowest BCUT2D eigenvalue weighted by atomic mass is 10.0. The van der Waals surface area contributed by atoms with Gasteiger partial charge in [-0.25, -0.2) is 4.39 Å². The van der Waals surface area contributed by atoms with Gasteiger partial charge in [0, 0.05) is 19.8 Å². The van der Waals surface area contributed by atoms with Gasteiger partial charge in [0.2, 0.25) is 0 Å². The highest BCUT2D eigenvalue weighted by molar-refractivity contribution is 9.10. The molecule has 0 heterocycles. The molecule has 16 heavy (non-hydrogen) atoms. The molecule has 1 unspecified atom stereocenters. The van der Waals surface area contributed by atoms with E-state index in [1.54, 1.807) is 13.2 Å². The van der Waals surface area contributed by atoms with Crippen molar-refractivity contribution in [3.8, 4) is 0 Å². The van der Waals surface area contributed by atoms with Crippen LogP contribution in [0.3, 0.4) is 0 Å². The van der Waals surface area contributed by atoms with Gasteiger partial charge < -0.3 is 4.74 Å². The summed E-state index contributed by atoms with van der Waals surface area (Å²) in [5.74, 6) is 5.18. The molecule has 0 bridgehead atoms. The molecular formula is C11H16BrFN2O. The highest BCUT2D eigenvalue weighted by Crippen LogP contribution is 2.22. The maximum Gasteiger partial charge on any atom is 0.137 e. The maximum absolute atomic E-state index is 13.3. The van der Waals surface area contributed by atoms with Crippen molar-refractivity contribution < 1.29 is 9.13 Å². The molecule has 1 atom stereocenters. The van der Waals surface area contributed by atoms with E-state index in [0.717, 1.165) is 12.0 Å². The van der Waals surface area contributed by atoms with Gasteiger partial charge in [-0.15, -0.1) is 0 Å². The van der Waals surface area contributed by atoms with Crippen LogP contribution in [0.15, 0.2) is 22.7 Å². The third kappa shape index (κ3) is 3.83. The minimum absolute atomic E-state index is 0.0815. The second-order valence-corrected chi connectivity index (χ2v) is 4.36. The molecule has 1 aromatic rings. The van der Waals surface area contributed by atoms with Gasteiger partial charge in [0.1, 0.15) is 5.82 Å². The van der Waals surface area contributed by atoms with Crippen molar-refractivity contribution in [2.24, 2.45) is 5.84 Å². The fraction of sp³-hybridized carbons (Fsp3) is 0.455. The standard InChI is InChI=1S/C11H16BrFN2O/c1-16-6-5-9(15-14)7-8-3-2-4-10(13)11(8)12/h2-4,9,15H,5-7,14H2,1H3. The lowest BCUT2D eigenvalue weighted by Crippen LogP contribution is -2.37. The third-order valence-electron chi connectivity index (χ3n) is 2.40. The van der Waals surface area contributed by atoms with Crippen molar-refractivity contribution >= 4 is 15.9 Å². The SMILES string of the molecule is COCCC(Cc1cccc(F)c1Br)NN. The van der Waals surface area contributed by atoms with Gasteiger partial charge in [-0.3, -0.25) is 11.3 Å². The van der Waals surface area contributed by atoms with Crippen LogP contribution in [-0.2, 0) is 11.2 Å². The normalized spacial score (nSPS) is 12.8. The molecular weight excluding hydrogens is 275 g/mol. The largest absolute Gasteiger partial charge is 0.385 e. The lowest BCUT2D eigenvalue weighted by molar-refractivity contribution is 0.182. The topological polar surface area (TPSA) is 47.3 Å². The summed E-state index contributed by atoms with van der Waals surface area (Å²) in [6.45, 7) is 0.627. The lowest BCUT2D eigenvalue weighted by Gasteiger charge is -2.16. The van der Waals surface area contributed by atoms with E-state index < -0.39 is 0 Å². The molecule has 0 aliphatic carbocycles. The van der Waals surface area contributed by atoms with Crippen molar-refractivity contribution in [2.75, 3.05) is 13.7 Å². The van der Waals surface area contributed by atoms with E-state index in [1.165, 1.54) is 6.07 Å². The molecule has 3 nitrogen and oxygen atoms in total. The van der Waals surface area contributed by atoms with E-state index in [1.807, 2.05) is 6.07 Å². The molecule has 0 aliphatic rings. The van der Waals surface area contributed by atoms with E-state index in [-0.39, 0.29) is 11.9 Å². The molecule has 0 radical (unpaired) electrons. The number of ether oxygens (including phenoxy) is 1. The number of rotatable bonds is 6. The van der Waals surface area contributed by atoms with Gasteiger partial charge in [0.25, 0.3) is 0 Å². The Morgan fingerprint density at radius 1 is 1.56 bits per heavy atom. The molecule has 0 saturated heterocycles. The molecule has 90 valence electrons. The highest BCUT2D eigenvalue weighted by Gasteiger charge is 2.11. The first kappa shape index (κ1) is 13.6. The highest BCUT2D eigenvalue weighted by atomic mass is 79.9. The Bertz CT molecular complexity index is 336. The van der Waals surface area contributed by atoms with Crippen LogP contribution >= 0.6 is 15.9 Å². The molecule has 0 aliphatic heterocycles. The number of hydrazine groups is 1. The third-order valence-corrected chi connectivity index (χ3v) is 3.29. The van der Waals surface area contributed by atoms with E-state index in [2.05, 4.69) is 21.4 Å². The first-order valence-electron chi connectivity index (χ1n) is 5.07. The minimum atomic E-state index is -0.250. The number of hydrogen-bond donors (Lipinski definition) is 2. The minimum Gasteiger partial charge on any atom is -0.385 e. The molecule has 0 aromatic heterocycles. The predicted octanol–water partition coefficient (Wildman–Crippen LogP) is 2.00. The number of methoxy groups -OCH3 is 1. The zero-order valence-corrected chi connectivity index (χ0v) is 10.8. The summed E-state index contributed by atoms with van der Waals surface area (Å²) < 4.78 is 18.8. The maximum atomic E-state index is 13.3. The molecule has 1 aromatic carbocycles. The molecule has 0 saturated carbocycles. The van der Waals surface area contributed by atoms with Crippen LogP contribution in [0.25, 0.3) is 0 Å². The summed E-state index contributed by atoms with van der Waals surface area (Å²) in [7, 11) is 1.64. The molecule has 5 heteroatoms. The van der Waals surface area contributed by atoms with Crippen LogP contribution in [0.1, 0.15) is 12.0 Å². The molecule has 1 rings (SSSR count). The summed E-state index contributed by atoms with van der Waals surface area (Å²) in [4.78, 5) is 0. The fourth-order valence-corrected chi connectivity index (χ4v) is 1.90. The number of nitrogens with two attached hydrogens (primary N) is 1. The van der Waals surface area contributed by atoms with E-state index in [9.17, 15) is 4.39 Å². The summed E-state index contributed by atoms with van der Waals surface area (Å²) in [6.07, 6.45) is 1.45. The van der Waals surface area contributed by atoms with Crippen LogP contribution in [0.5, 0.6) is 0 Å². The Labute approximate surface area is 103 Å². The van der Waals surface area contributed by atoms with Crippen LogP contribution in [0.4, 0.5) is 4.39 Å². The first-order chi connectivity index (χ1) is 7.69. The van der Waals surface area contributed by atoms with Crippen molar-refractivity contribution in [1.82, 2.24) is 5.43 Å². The Morgan fingerprint density at radius 3 is 2.94 bits per heavy atom. The van der Waals surface area contributed by atoms with Crippen LogP contribution in [0, 0.1) is 5.82 Å². The quantitative estimate of drug-likeness (QED) is 0.622. The summed E-state index contributed by atoms with van der Waals surface area (Å²) >= 11 is 3.23. The average molecular weight is 291 g/mol. The second-order valence-electron chi connectivity index (χ2n) is 3.56. The molecule has 0 fully saturated rings. The van der Waals surface area contributed by atoms with Crippen LogP contribution in [0.2, 0.25) is 0 Å². The van der Waals surface area contributed by atoms with E-state index >= 15 is 0 Å². The van der Waals surface area contributed by atoms with Gasteiger partial charge >= 0.3 is 0 Å². The number of nitrogens with one attached hydrogen (secondary N) is 1. The van der Waals surface area contributed by atoms with Gasteiger partial charge in [0.15, 0.2) is 0 Å². The Morgan fingerprint density at radius 2 is 2.31 bits per heavy atom. The van der Waals surface area contributed by atoms with Gasteiger partial charge in [-0.1, -0.05) is 12.1 Å². The molecule has 0 spiro atoms. The van der Waals surface area contributed by atoms with Crippen LogP contribution < -0.4 is 11.3 Å². The molecule has 3 N–H and O–H groups in total. The number of benzene rings is 1. The van der Waals surface area contributed by atoms with Gasteiger partial charge in [-0.05, 0) is 40.4 Å². The summed E-state index contributed by atoms with van der Waals surface area (Å²) in [5.41, 5.74) is 3.61. The van der Waals surface area contributed by atoms with Crippen molar-refractivity contribution in [3.05, 3.63) is 34.1 Å². The smallest absolute Gasteiger partial charge is 0.137 e. The van der Waals surface area contributed by atoms with Crippen molar-refractivity contribution in [2.45, 2.75) is 18.9 Å². The fourth-order valence-electron chi connectivity index (χ4n) is 1.48. The monoisotopic (exact) mass is 290 g/mol. The predicted molar refractivity (Wildman–Crippen MR) is 65.4 cm³/mol. The Hall–Kier alpha value is -0.490. The summed E-state index contributed by atoms with van der Waals surface area (Å²) in [6, 6.07) is 5.08. The van der Waals surface area contributed by atoms with Gasteiger partial charge in [0.05, 0.1) is 4.47 Å². The number of hydrogen-bond acceptors (Lipinski definition) is 3. The average Bonchev–Trinajstić information content (AvgIpc) is 2.30. The Balaban J connectivity index is 2.66. The van der Waals surface area contributed by atoms with Gasteiger partial charge in [-0.2, -0.15) is 0 Å². The summed E-state index contributed by atoms with van der Waals surface area (Å²) in [5, 5.41) is 0. The van der Waals surface area contributed by atoms with E-state index in [0.29, 0.717) is 17.5 Å². The first-order valence-corrected chi connectivity index (χ1v) is 5.86. The Kier molecular flexibility index (Phi) is 5.90.